The Balaban J connectivity index is 1.79. The number of nitrogens with one attached hydrogen (secondary N) is 1. The number of amides is 2. The first-order valence-corrected chi connectivity index (χ1v) is 6.10. The minimum absolute atomic E-state index is 0.0317. The molecule has 1 aromatic carbocycles. The summed E-state index contributed by atoms with van der Waals surface area (Å²) in [4.78, 5) is 22.2. The molecule has 1 aliphatic rings. The predicted molar refractivity (Wildman–Crippen MR) is 69.4 cm³/mol. The van der Waals surface area contributed by atoms with Gasteiger partial charge in [0.15, 0.2) is 0 Å². The summed E-state index contributed by atoms with van der Waals surface area (Å²) >= 11 is 0. The van der Waals surface area contributed by atoms with Gasteiger partial charge >= 0.3 is 6.03 Å². The SMILES string of the molecule is O=C(Nc1ccc2nccnc2c1)N1CCCC1. The number of nitrogens with zero attached hydrogens (tertiary/aromatic N) is 3. The molecule has 0 saturated carbocycles. The van der Waals surface area contributed by atoms with Crippen molar-refractivity contribution in [1.29, 1.82) is 0 Å². The van der Waals surface area contributed by atoms with Crippen molar-refractivity contribution in [3.05, 3.63) is 30.6 Å². The second kappa shape index (κ2) is 4.60. The molecule has 1 saturated heterocycles. The van der Waals surface area contributed by atoms with Crippen molar-refractivity contribution in [3.8, 4) is 0 Å². The topological polar surface area (TPSA) is 58.1 Å². The molecule has 18 heavy (non-hydrogen) atoms. The average molecular weight is 242 g/mol. The number of fused-ring (bicyclic) bond motifs is 1. The highest BCUT2D eigenvalue weighted by atomic mass is 16.2. The third-order valence-corrected chi connectivity index (χ3v) is 3.11. The molecule has 92 valence electrons. The molecule has 2 aromatic rings. The van der Waals surface area contributed by atoms with Crippen molar-refractivity contribution >= 4 is 22.8 Å². The Morgan fingerprint density at radius 2 is 1.83 bits per heavy atom. The van der Waals surface area contributed by atoms with Gasteiger partial charge in [0.25, 0.3) is 0 Å². The number of rotatable bonds is 1. The van der Waals surface area contributed by atoms with Gasteiger partial charge in [-0.15, -0.1) is 0 Å². The smallest absolute Gasteiger partial charge is 0.321 e. The lowest BCUT2D eigenvalue weighted by Gasteiger charge is -2.16. The van der Waals surface area contributed by atoms with Crippen LogP contribution in [0.25, 0.3) is 11.0 Å². The first-order valence-electron chi connectivity index (χ1n) is 6.10. The second-order valence-electron chi connectivity index (χ2n) is 4.38. The number of aromatic nitrogens is 2. The van der Waals surface area contributed by atoms with Crippen molar-refractivity contribution in [3.63, 3.8) is 0 Å². The predicted octanol–water partition coefficient (Wildman–Crippen LogP) is 2.26. The average Bonchev–Trinajstić information content (AvgIpc) is 2.92. The maximum Gasteiger partial charge on any atom is 0.321 e. The van der Waals surface area contributed by atoms with Crippen molar-refractivity contribution in [2.75, 3.05) is 18.4 Å². The van der Waals surface area contributed by atoms with Crippen molar-refractivity contribution in [2.24, 2.45) is 0 Å². The van der Waals surface area contributed by atoms with Crippen molar-refractivity contribution < 1.29 is 4.79 Å². The fourth-order valence-corrected chi connectivity index (χ4v) is 2.16. The lowest BCUT2D eigenvalue weighted by atomic mass is 10.2. The van der Waals surface area contributed by atoms with Gasteiger partial charge in [0.05, 0.1) is 11.0 Å². The van der Waals surface area contributed by atoms with Crippen LogP contribution in [0.2, 0.25) is 0 Å². The number of urea groups is 1. The number of likely N-dealkylation sites (tertiary alicyclic amines) is 1. The van der Waals surface area contributed by atoms with Gasteiger partial charge in [-0.05, 0) is 31.0 Å². The summed E-state index contributed by atoms with van der Waals surface area (Å²) in [5, 5.41) is 2.90. The van der Waals surface area contributed by atoms with Gasteiger partial charge in [0, 0.05) is 31.2 Å². The normalized spacial score (nSPS) is 15.0. The van der Waals surface area contributed by atoms with E-state index < -0.39 is 0 Å². The van der Waals surface area contributed by atoms with Crippen molar-refractivity contribution in [2.45, 2.75) is 12.8 Å². The van der Waals surface area contributed by atoms with Crippen LogP contribution in [-0.2, 0) is 0 Å². The monoisotopic (exact) mass is 242 g/mol. The third-order valence-electron chi connectivity index (χ3n) is 3.11. The molecule has 1 aromatic heterocycles. The molecular weight excluding hydrogens is 228 g/mol. The van der Waals surface area contributed by atoms with Crippen LogP contribution >= 0.6 is 0 Å². The zero-order valence-corrected chi connectivity index (χ0v) is 9.97. The van der Waals surface area contributed by atoms with Gasteiger partial charge in [-0.3, -0.25) is 9.97 Å². The number of hydrogen-bond donors (Lipinski definition) is 1. The van der Waals surface area contributed by atoms with Crippen LogP contribution in [0.3, 0.4) is 0 Å². The molecule has 1 fully saturated rings. The van der Waals surface area contributed by atoms with E-state index in [-0.39, 0.29) is 6.03 Å². The molecule has 0 aliphatic carbocycles. The van der Waals surface area contributed by atoms with E-state index in [2.05, 4.69) is 15.3 Å². The third kappa shape index (κ3) is 2.11. The number of hydrogen-bond acceptors (Lipinski definition) is 3. The summed E-state index contributed by atoms with van der Waals surface area (Å²) in [7, 11) is 0. The molecular formula is C13H14N4O. The molecule has 0 radical (unpaired) electrons. The molecule has 1 N–H and O–H groups in total. The molecule has 3 rings (SSSR count). The van der Waals surface area contributed by atoms with E-state index in [0.717, 1.165) is 42.7 Å². The Morgan fingerprint density at radius 1 is 1.11 bits per heavy atom. The molecule has 0 spiro atoms. The molecule has 0 bridgehead atoms. The van der Waals surface area contributed by atoms with Crippen LogP contribution in [0.15, 0.2) is 30.6 Å². The zero-order chi connectivity index (χ0) is 12.4. The van der Waals surface area contributed by atoms with Crippen LogP contribution in [-0.4, -0.2) is 34.0 Å². The van der Waals surface area contributed by atoms with E-state index in [4.69, 9.17) is 0 Å². The lowest BCUT2D eigenvalue weighted by Crippen LogP contribution is -2.32. The van der Waals surface area contributed by atoms with E-state index in [1.165, 1.54) is 0 Å². The first kappa shape index (κ1) is 11.0. The molecule has 1 aliphatic heterocycles. The first-order chi connectivity index (χ1) is 8.83. The highest BCUT2D eigenvalue weighted by molar-refractivity contribution is 5.91. The van der Waals surface area contributed by atoms with E-state index >= 15 is 0 Å². The summed E-state index contributed by atoms with van der Waals surface area (Å²) in [6.07, 6.45) is 5.49. The summed E-state index contributed by atoms with van der Waals surface area (Å²) in [5.74, 6) is 0. The Hall–Kier alpha value is -2.17. The minimum Gasteiger partial charge on any atom is -0.325 e. The fourth-order valence-electron chi connectivity index (χ4n) is 2.16. The van der Waals surface area contributed by atoms with Crippen LogP contribution in [0, 0.1) is 0 Å². The standard InChI is InChI=1S/C13H14N4O/c18-13(17-7-1-2-8-17)16-10-3-4-11-12(9-10)15-6-5-14-11/h3-6,9H,1-2,7-8H2,(H,16,18). The fraction of sp³-hybridized carbons (Fsp3) is 0.308. The highest BCUT2D eigenvalue weighted by Gasteiger charge is 2.17. The van der Waals surface area contributed by atoms with E-state index in [9.17, 15) is 4.79 Å². The van der Waals surface area contributed by atoms with E-state index in [1.807, 2.05) is 23.1 Å². The van der Waals surface area contributed by atoms with Gasteiger partial charge in [-0.2, -0.15) is 0 Å². The van der Waals surface area contributed by atoms with Gasteiger partial charge in [0.2, 0.25) is 0 Å². The molecule has 0 atom stereocenters. The zero-order valence-electron chi connectivity index (χ0n) is 9.97. The maximum atomic E-state index is 11.9. The van der Waals surface area contributed by atoms with Gasteiger partial charge in [0.1, 0.15) is 0 Å². The lowest BCUT2D eigenvalue weighted by molar-refractivity contribution is 0.222. The number of benzene rings is 1. The maximum absolute atomic E-state index is 11.9. The Kier molecular flexibility index (Phi) is 2.80. The van der Waals surface area contributed by atoms with Crippen LogP contribution in [0.5, 0.6) is 0 Å². The summed E-state index contributed by atoms with van der Waals surface area (Å²) < 4.78 is 0. The molecule has 2 amide bonds. The van der Waals surface area contributed by atoms with Crippen LogP contribution < -0.4 is 5.32 Å². The summed E-state index contributed by atoms with van der Waals surface area (Å²) in [5.41, 5.74) is 2.38. The number of anilines is 1. The summed E-state index contributed by atoms with van der Waals surface area (Å²) in [6, 6.07) is 5.53. The van der Waals surface area contributed by atoms with Crippen molar-refractivity contribution in [1.82, 2.24) is 14.9 Å². The van der Waals surface area contributed by atoms with Gasteiger partial charge in [-0.1, -0.05) is 0 Å². The highest BCUT2D eigenvalue weighted by Crippen LogP contribution is 2.16. The van der Waals surface area contributed by atoms with Crippen LogP contribution in [0.1, 0.15) is 12.8 Å². The minimum atomic E-state index is -0.0317. The molecule has 5 heteroatoms. The largest absolute Gasteiger partial charge is 0.325 e. The summed E-state index contributed by atoms with van der Waals surface area (Å²) in [6.45, 7) is 1.69. The molecule has 2 heterocycles. The second-order valence-corrected chi connectivity index (χ2v) is 4.38. The Morgan fingerprint density at radius 3 is 2.61 bits per heavy atom. The molecule has 5 nitrogen and oxygen atoms in total. The number of carbonyl (C=O) groups is 1. The van der Waals surface area contributed by atoms with Crippen LogP contribution in [0.4, 0.5) is 10.5 Å². The van der Waals surface area contributed by atoms with E-state index in [0.29, 0.717) is 0 Å². The quantitative estimate of drug-likeness (QED) is 0.834. The molecule has 0 unspecified atom stereocenters. The van der Waals surface area contributed by atoms with Gasteiger partial charge in [-0.25, -0.2) is 4.79 Å². The Labute approximate surface area is 105 Å². The number of carbonyl (C=O) groups excluding carboxylic acids is 1. The Bertz CT molecular complexity index is 578. The van der Waals surface area contributed by atoms with Gasteiger partial charge < -0.3 is 10.2 Å². The van der Waals surface area contributed by atoms with E-state index in [1.54, 1.807) is 12.4 Å².